The molecule has 0 aliphatic carbocycles. The predicted octanol–water partition coefficient (Wildman–Crippen LogP) is 3.67. The monoisotopic (exact) mass is 330 g/mol. The summed E-state index contributed by atoms with van der Waals surface area (Å²) in [6.45, 7) is 4.92. The van der Waals surface area contributed by atoms with E-state index >= 15 is 0 Å². The average Bonchev–Trinajstić information content (AvgIpc) is 3.26. The number of carbonyl (C=O) groups is 1. The van der Waals surface area contributed by atoms with Crippen molar-refractivity contribution < 1.29 is 9.53 Å². The summed E-state index contributed by atoms with van der Waals surface area (Å²) in [6.07, 6.45) is 3.22. The maximum atomic E-state index is 12.3. The van der Waals surface area contributed by atoms with Gasteiger partial charge in [0.25, 0.3) is 5.91 Å². The van der Waals surface area contributed by atoms with Gasteiger partial charge >= 0.3 is 0 Å². The fourth-order valence-corrected chi connectivity index (χ4v) is 3.57. The molecule has 0 spiro atoms. The molecule has 2 aromatic rings. The average molecular weight is 330 g/mol. The highest BCUT2D eigenvalue weighted by atomic mass is 32.1. The van der Waals surface area contributed by atoms with Gasteiger partial charge in [0.2, 0.25) is 0 Å². The number of thiazole rings is 1. The second-order valence-corrected chi connectivity index (χ2v) is 6.76. The number of amides is 1. The normalized spacial score (nSPS) is 18.8. The van der Waals surface area contributed by atoms with Crippen molar-refractivity contribution in [2.75, 3.05) is 6.61 Å². The number of aromatic nitrogens is 1. The number of hydrogen-bond acceptors (Lipinski definition) is 4. The highest BCUT2D eigenvalue weighted by molar-refractivity contribution is 7.13. The summed E-state index contributed by atoms with van der Waals surface area (Å²) >= 11 is 1.50. The van der Waals surface area contributed by atoms with Crippen molar-refractivity contribution in [3.8, 4) is 10.6 Å². The van der Waals surface area contributed by atoms with Gasteiger partial charge in [0.05, 0.1) is 12.1 Å². The zero-order valence-corrected chi connectivity index (χ0v) is 14.4. The number of nitrogens with zero attached hydrogens (tertiary/aromatic N) is 1. The van der Waals surface area contributed by atoms with E-state index in [1.807, 2.05) is 12.3 Å². The van der Waals surface area contributed by atoms with Crippen LogP contribution >= 0.6 is 11.3 Å². The Morgan fingerprint density at radius 3 is 2.87 bits per heavy atom. The van der Waals surface area contributed by atoms with Gasteiger partial charge in [-0.2, -0.15) is 0 Å². The molecule has 1 aromatic carbocycles. The summed E-state index contributed by atoms with van der Waals surface area (Å²) in [5.74, 6) is -0.124. The maximum Gasteiger partial charge on any atom is 0.271 e. The first-order valence-corrected chi connectivity index (χ1v) is 9.02. The van der Waals surface area contributed by atoms with Crippen LogP contribution in [0, 0.1) is 0 Å². The van der Waals surface area contributed by atoms with Gasteiger partial charge in [-0.25, -0.2) is 4.98 Å². The number of carbonyl (C=O) groups excluding carboxylic acids is 1. The molecule has 2 atom stereocenters. The van der Waals surface area contributed by atoms with Crippen LogP contribution in [0.5, 0.6) is 0 Å². The van der Waals surface area contributed by atoms with Crippen LogP contribution in [0.25, 0.3) is 10.6 Å². The van der Waals surface area contributed by atoms with Crippen molar-refractivity contribution in [1.82, 2.24) is 10.3 Å². The van der Waals surface area contributed by atoms with E-state index in [2.05, 4.69) is 41.5 Å². The molecule has 1 aliphatic heterocycles. The topological polar surface area (TPSA) is 51.2 Å². The van der Waals surface area contributed by atoms with Crippen molar-refractivity contribution in [2.24, 2.45) is 0 Å². The van der Waals surface area contributed by atoms with E-state index < -0.39 is 0 Å². The first-order chi connectivity index (χ1) is 11.2. The third kappa shape index (κ3) is 3.79. The minimum Gasteiger partial charge on any atom is -0.376 e. The Labute approximate surface area is 140 Å². The number of benzene rings is 1. The molecule has 3 rings (SSSR count). The van der Waals surface area contributed by atoms with Crippen molar-refractivity contribution in [1.29, 1.82) is 0 Å². The Morgan fingerprint density at radius 2 is 2.22 bits per heavy atom. The Balaban J connectivity index is 1.66. The van der Waals surface area contributed by atoms with Gasteiger partial charge in [0, 0.05) is 17.6 Å². The van der Waals surface area contributed by atoms with Gasteiger partial charge in [-0.05, 0) is 31.7 Å². The zero-order valence-electron chi connectivity index (χ0n) is 13.5. The molecule has 1 aliphatic rings. The highest BCUT2D eigenvalue weighted by Gasteiger charge is 2.24. The number of nitrogens with one attached hydrogen (secondary N) is 1. The lowest BCUT2D eigenvalue weighted by Crippen LogP contribution is -2.40. The lowest BCUT2D eigenvalue weighted by molar-refractivity contribution is 0.0710. The van der Waals surface area contributed by atoms with E-state index in [4.69, 9.17) is 4.74 Å². The molecule has 1 amide bonds. The van der Waals surface area contributed by atoms with Gasteiger partial charge < -0.3 is 10.1 Å². The molecule has 0 radical (unpaired) electrons. The molecule has 5 heteroatoms. The fourth-order valence-electron chi connectivity index (χ4n) is 2.76. The smallest absolute Gasteiger partial charge is 0.271 e. The zero-order chi connectivity index (χ0) is 16.2. The molecule has 1 fully saturated rings. The fraction of sp³-hybridized carbons (Fsp3) is 0.444. The minimum absolute atomic E-state index is 0.0130. The Morgan fingerprint density at radius 1 is 1.43 bits per heavy atom. The molecule has 0 bridgehead atoms. The lowest BCUT2D eigenvalue weighted by Gasteiger charge is -2.19. The third-order valence-corrected chi connectivity index (χ3v) is 5.12. The van der Waals surface area contributed by atoms with Gasteiger partial charge in [-0.3, -0.25) is 4.79 Å². The van der Waals surface area contributed by atoms with Crippen molar-refractivity contribution >= 4 is 17.2 Å². The van der Waals surface area contributed by atoms with E-state index in [0.717, 1.165) is 36.4 Å². The van der Waals surface area contributed by atoms with Crippen LogP contribution < -0.4 is 5.32 Å². The van der Waals surface area contributed by atoms with Crippen molar-refractivity contribution in [2.45, 2.75) is 45.3 Å². The quantitative estimate of drug-likeness (QED) is 0.910. The maximum absolute atomic E-state index is 12.3. The molecular formula is C18H22N2O2S. The van der Waals surface area contributed by atoms with Crippen LogP contribution in [0.2, 0.25) is 0 Å². The summed E-state index contributed by atoms with van der Waals surface area (Å²) in [6, 6.07) is 8.35. The lowest BCUT2D eigenvalue weighted by atomic mass is 10.1. The summed E-state index contributed by atoms with van der Waals surface area (Å²) in [7, 11) is 0. The molecule has 4 nitrogen and oxygen atoms in total. The summed E-state index contributed by atoms with van der Waals surface area (Å²) < 4.78 is 5.62. The number of aryl methyl sites for hydroxylation is 1. The van der Waals surface area contributed by atoms with Gasteiger partial charge in [0.1, 0.15) is 10.7 Å². The largest absolute Gasteiger partial charge is 0.376 e. The Bertz CT molecular complexity index is 660. The first-order valence-electron chi connectivity index (χ1n) is 8.14. The van der Waals surface area contributed by atoms with Crippen LogP contribution in [0.15, 0.2) is 29.6 Å². The summed E-state index contributed by atoms with van der Waals surface area (Å²) in [5, 5.41) is 5.70. The third-order valence-electron chi connectivity index (χ3n) is 4.23. The van der Waals surface area contributed by atoms with Crippen LogP contribution in [-0.2, 0) is 11.2 Å². The molecule has 1 N–H and O–H groups in total. The first kappa shape index (κ1) is 16.1. The van der Waals surface area contributed by atoms with E-state index in [9.17, 15) is 4.79 Å². The van der Waals surface area contributed by atoms with Gasteiger partial charge in [-0.1, -0.05) is 31.2 Å². The molecule has 1 aromatic heterocycles. The summed E-state index contributed by atoms with van der Waals surface area (Å²) in [4.78, 5) is 16.8. The molecule has 122 valence electrons. The van der Waals surface area contributed by atoms with Crippen LogP contribution in [0.1, 0.15) is 42.7 Å². The van der Waals surface area contributed by atoms with Crippen LogP contribution in [0.4, 0.5) is 0 Å². The number of ether oxygens (including phenoxy) is 1. The second-order valence-electron chi connectivity index (χ2n) is 5.90. The van der Waals surface area contributed by atoms with E-state index in [0.29, 0.717) is 5.69 Å². The molecule has 0 unspecified atom stereocenters. The second kappa shape index (κ2) is 7.23. The number of rotatable bonds is 5. The molecule has 1 saturated heterocycles. The molecule has 0 saturated carbocycles. The summed E-state index contributed by atoms with van der Waals surface area (Å²) in [5.41, 5.74) is 2.83. The Kier molecular flexibility index (Phi) is 5.08. The molecule has 23 heavy (non-hydrogen) atoms. The van der Waals surface area contributed by atoms with Crippen LogP contribution in [-0.4, -0.2) is 29.6 Å². The Hall–Kier alpha value is -1.72. The SMILES string of the molecule is CCc1ccc(-c2nc(C(=O)N[C@H](C)[C@H]3CCCO3)cs2)cc1. The number of hydrogen-bond donors (Lipinski definition) is 1. The van der Waals surface area contributed by atoms with E-state index in [1.54, 1.807) is 0 Å². The predicted molar refractivity (Wildman–Crippen MR) is 92.8 cm³/mol. The van der Waals surface area contributed by atoms with Crippen molar-refractivity contribution in [3.63, 3.8) is 0 Å². The van der Waals surface area contributed by atoms with E-state index in [-0.39, 0.29) is 18.1 Å². The highest BCUT2D eigenvalue weighted by Crippen LogP contribution is 2.24. The standard InChI is InChI=1S/C18H22N2O2S/c1-3-13-6-8-14(9-7-13)18-20-15(11-23-18)17(21)19-12(2)16-5-4-10-22-16/h6-9,11-12,16H,3-5,10H2,1-2H3,(H,19,21)/t12-,16-/m1/s1. The van der Waals surface area contributed by atoms with Gasteiger partial charge in [-0.15, -0.1) is 11.3 Å². The molecule has 2 heterocycles. The van der Waals surface area contributed by atoms with Crippen LogP contribution in [0.3, 0.4) is 0 Å². The van der Waals surface area contributed by atoms with Crippen molar-refractivity contribution in [3.05, 3.63) is 40.9 Å². The van der Waals surface area contributed by atoms with E-state index in [1.165, 1.54) is 16.9 Å². The molecular weight excluding hydrogens is 308 g/mol. The van der Waals surface area contributed by atoms with Gasteiger partial charge in [0.15, 0.2) is 0 Å². The minimum atomic E-state index is -0.124.